The van der Waals surface area contributed by atoms with Crippen LogP contribution in [-0.4, -0.2) is 5.97 Å². The number of carbonyl (C=O) groups is 1. The van der Waals surface area contributed by atoms with Crippen molar-refractivity contribution in [3.8, 4) is 5.75 Å². The second-order valence-corrected chi connectivity index (χ2v) is 5.41. The SMILES string of the molecule is C/C(=C\C(=O)Oc1c(C)cccc1C)c1ccc(Cl)cc1. The number of allylic oxidation sites excluding steroid dienone is 1. The molecule has 0 aliphatic rings. The van der Waals surface area contributed by atoms with Crippen LogP contribution < -0.4 is 4.74 Å². The normalized spacial score (nSPS) is 11.3. The van der Waals surface area contributed by atoms with E-state index in [-0.39, 0.29) is 5.97 Å². The zero-order valence-corrected chi connectivity index (χ0v) is 13.1. The molecular formula is C18H17ClO2. The molecule has 0 aliphatic carbocycles. The van der Waals surface area contributed by atoms with E-state index in [2.05, 4.69) is 0 Å². The summed E-state index contributed by atoms with van der Waals surface area (Å²) in [5, 5.41) is 0.671. The minimum absolute atomic E-state index is 0.375. The number of aryl methyl sites for hydroxylation is 2. The van der Waals surface area contributed by atoms with E-state index < -0.39 is 0 Å². The second kappa shape index (κ2) is 6.59. The Hall–Kier alpha value is -2.06. The predicted molar refractivity (Wildman–Crippen MR) is 86.7 cm³/mol. The molecule has 0 spiro atoms. The first-order valence-corrected chi connectivity index (χ1v) is 7.07. The van der Waals surface area contributed by atoms with Gasteiger partial charge in [0.2, 0.25) is 0 Å². The summed E-state index contributed by atoms with van der Waals surface area (Å²) in [6.07, 6.45) is 1.50. The Bertz CT molecular complexity index is 665. The zero-order chi connectivity index (χ0) is 15.4. The van der Waals surface area contributed by atoms with Crippen molar-refractivity contribution in [2.75, 3.05) is 0 Å². The summed E-state index contributed by atoms with van der Waals surface area (Å²) in [5.74, 6) is 0.252. The van der Waals surface area contributed by atoms with Gasteiger partial charge in [-0.25, -0.2) is 4.79 Å². The molecule has 0 unspecified atom stereocenters. The first-order valence-electron chi connectivity index (χ1n) is 6.69. The molecule has 0 fully saturated rings. The molecule has 0 radical (unpaired) electrons. The molecule has 21 heavy (non-hydrogen) atoms. The van der Waals surface area contributed by atoms with E-state index in [1.54, 1.807) is 12.1 Å². The molecule has 0 aromatic heterocycles. The van der Waals surface area contributed by atoms with Gasteiger partial charge in [0.05, 0.1) is 0 Å². The summed E-state index contributed by atoms with van der Waals surface area (Å²) in [6.45, 7) is 5.71. The largest absolute Gasteiger partial charge is 0.423 e. The topological polar surface area (TPSA) is 26.3 Å². The summed E-state index contributed by atoms with van der Waals surface area (Å²) < 4.78 is 5.45. The van der Waals surface area contributed by atoms with Crippen molar-refractivity contribution in [3.63, 3.8) is 0 Å². The van der Waals surface area contributed by atoms with E-state index in [1.807, 2.05) is 51.1 Å². The Balaban J connectivity index is 2.17. The number of rotatable bonds is 3. The maximum atomic E-state index is 12.0. The Labute approximate surface area is 130 Å². The number of hydrogen-bond acceptors (Lipinski definition) is 2. The molecule has 2 rings (SSSR count). The van der Waals surface area contributed by atoms with Crippen molar-refractivity contribution in [1.82, 2.24) is 0 Å². The van der Waals surface area contributed by atoms with Crippen molar-refractivity contribution in [3.05, 3.63) is 70.3 Å². The third-order valence-corrected chi connectivity index (χ3v) is 3.50. The first-order chi connectivity index (χ1) is 9.97. The van der Waals surface area contributed by atoms with Crippen LogP contribution in [0.1, 0.15) is 23.6 Å². The maximum Gasteiger partial charge on any atom is 0.336 e. The van der Waals surface area contributed by atoms with Crippen LogP contribution in [0, 0.1) is 13.8 Å². The highest BCUT2D eigenvalue weighted by Gasteiger charge is 2.08. The number of carbonyl (C=O) groups excluding carboxylic acids is 1. The fraction of sp³-hybridized carbons (Fsp3) is 0.167. The lowest BCUT2D eigenvalue weighted by Crippen LogP contribution is -2.07. The molecule has 2 nitrogen and oxygen atoms in total. The number of para-hydroxylation sites is 1. The monoisotopic (exact) mass is 300 g/mol. The summed E-state index contributed by atoms with van der Waals surface area (Å²) in [5.41, 5.74) is 3.67. The highest BCUT2D eigenvalue weighted by molar-refractivity contribution is 6.30. The van der Waals surface area contributed by atoms with Gasteiger partial charge in [-0.15, -0.1) is 0 Å². The molecule has 108 valence electrons. The van der Waals surface area contributed by atoms with E-state index in [0.717, 1.165) is 22.3 Å². The lowest BCUT2D eigenvalue weighted by molar-refractivity contribution is -0.129. The van der Waals surface area contributed by atoms with Crippen molar-refractivity contribution in [1.29, 1.82) is 0 Å². The Morgan fingerprint density at radius 3 is 2.19 bits per heavy atom. The lowest BCUT2D eigenvalue weighted by Gasteiger charge is -2.09. The Kier molecular flexibility index (Phi) is 4.81. The summed E-state index contributed by atoms with van der Waals surface area (Å²) in [7, 11) is 0. The number of benzene rings is 2. The van der Waals surface area contributed by atoms with Crippen LogP contribution in [0.3, 0.4) is 0 Å². The van der Waals surface area contributed by atoms with Gasteiger partial charge >= 0.3 is 5.97 Å². The predicted octanol–water partition coefficient (Wildman–Crippen LogP) is 4.97. The van der Waals surface area contributed by atoms with Crippen molar-refractivity contribution in [2.24, 2.45) is 0 Å². The number of halogens is 1. The van der Waals surface area contributed by atoms with E-state index in [9.17, 15) is 4.79 Å². The molecule has 2 aromatic carbocycles. The van der Waals surface area contributed by atoms with Gasteiger partial charge in [0.1, 0.15) is 5.75 Å². The van der Waals surface area contributed by atoms with Gasteiger partial charge in [-0.2, -0.15) is 0 Å². The molecule has 0 heterocycles. The van der Waals surface area contributed by atoms with Gasteiger partial charge in [-0.05, 0) is 55.2 Å². The van der Waals surface area contributed by atoms with Gasteiger partial charge in [-0.1, -0.05) is 41.9 Å². The van der Waals surface area contributed by atoms with Crippen molar-refractivity contribution in [2.45, 2.75) is 20.8 Å². The minimum atomic E-state index is -0.375. The fourth-order valence-corrected chi connectivity index (χ4v) is 2.19. The second-order valence-electron chi connectivity index (χ2n) is 4.98. The van der Waals surface area contributed by atoms with E-state index >= 15 is 0 Å². The van der Waals surface area contributed by atoms with Crippen LogP contribution in [0.15, 0.2) is 48.5 Å². The zero-order valence-electron chi connectivity index (χ0n) is 12.3. The van der Waals surface area contributed by atoms with Crippen LogP contribution in [-0.2, 0) is 4.79 Å². The lowest BCUT2D eigenvalue weighted by atomic mass is 10.1. The Morgan fingerprint density at radius 2 is 1.62 bits per heavy atom. The molecule has 0 bridgehead atoms. The van der Waals surface area contributed by atoms with Gasteiger partial charge in [0, 0.05) is 11.1 Å². The first kappa shape index (κ1) is 15.3. The maximum absolute atomic E-state index is 12.0. The van der Waals surface area contributed by atoms with Crippen LogP contribution in [0.4, 0.5) is 0 Å². The van der Waals surface area contributed by atoms with E-state index in [0.29, 0.717) is 10.8 Å². The molecule has 0 amide bonds. The highest BCUT2D eigenvalue weighted by atomic mass is 35.5. The average molecular weight is 301 g/mol. The number of esters is 1. The number of ether oxygens (including phenoxy) is 1. The van der Waals surface area contributed by atoms with Gasteiger partial charge < -0.3 is 4.74 Å². The molecule has 3 heteroatoms. The molecule has 0 atom stereocenters. The van der Waals surface area contributed by atoms with Gasteiger partial charge in [0.15, 0.2) is 0 Å². The fourth-order valence-electron chi connectivity index (χ4n) is 2.06. The number of hydrogen-bond donors (Lipinski definition) is 0. The van der Waals surface area contributed by atoms with E-state index in [4.69, 9.17) is 16.3 Å². The third-order valence-electron chi connectivity index (χ3n) is 3.25. The molecule has 0 N–H and O–H groups in total. The van der Waals surface area contributed by atoms with Crippen LogP contribution >= 0.6 is 11.6 Å². The molecule has 0 aliphatic heterocycles. The average Bonchev–Trinajstić information content (AvgIpc) is 2.43. The summed E-state index contributed by atoms with van der Waals surface area (Å²) in [4.78, 5) is 12.0. The third kappa shape index (κ3) is 3.96. The Morgan fingerprint density at radius 1 is 1.05 bits per heavy atom. The van der Waals surface area contributed by atoms with Gasteiger partial charge in [0.25, 0.3) is 0 Å². The van der Waals surface area contributed by atoms with Crippen LogP contribution in [0.2, 0.25) is 5.02 Å². The summed E-state index contributed by atoms with van der Waals surface area (Å²) in [6, 6.07) is 13.1. The van der Waals surface area contributed by atoms with Crippen molar-refractivity contribution < 1.29 is 9.53 Å². The smallest absolute Gasteiger partial charge is 0.336 e. The molecule has 2 aromatic rings. The van der Waals surface area contributed by atoms with Crippen molar-refractivity contribution >= 4 is 23.1 Å². The van der Waals surface area contributed by atoms with Gasteiger partial charge in [-0.3, -0.25) is 0 Å². The van der Waals surface area contributed by atoms with Crippen LogP contribution in [0.25, 0.3) is 5.57 Å². The highest BCUT2D eigenvalue weighted by Crippen LogP contribution is 2.23. The summed E-state index contributed by atoms with van der Waals surface area (Å²) >= 11 is 5.85. The molecule has 0 saturated carbocycles. The van der Waals surface area contributed by atoms with Crippen LogP contribution in [0.5, 0.6) is 5.75 Å². The molecular weight excluding hydrogens is 284 g/mol. The molecule has 0 saturated heterocycles. The minimum Gasteiger partial charge on any atom is -0.423 e. The van der Waals surface area contributed by atoms with E-state index in [1.165, 1.54) is 6.08 Å². The standard InChI is InChI=1S/C18H17ClO2/c1-12-5-4-6-13(2)18(12)21-17(20)11-14(3)15-7-9-16(19)10-8-15/h4-11H,1-3H3/b14-11+. The quantitative estimate of drug-likeness (QED) is 0.455.